The first-order chi connectivity index (χ1) is 10.6. The number of benzene rings is 1. The fourth-order valence-corrected chi connectivity index (χ4v) is 1.81. The minimum atomic E-state index is -1.10. The first-order valence-corrected chi connectivity index (χ1v) is 6.93. The van der Waals surface area contributed by atoms with Gasteiger partial charge in [-0.05, 0) is 36.8 Å². The van der Waals surface area contributed by atoms with Crippen molar-refractivity contribution in [1.82, 2.24) is 0 Å². The van der Waals surface area contributed by atoms with E-state index in [-0.39, 0.29) is 11.7 Å². The third kappa shape index (κ3) is 4.12. The van der Waals surface area contributed by atoms with Gasteiger partial charge in [0.05, 0.1) is 18.7 Å². The molecule has 6 nitrogen and oxygen atoms in total. The van der Waals surface area contributed by atoms with Crippen molar-refractivity contribution in [3.05, 3.63) is 53.5 Å². The van der Waals surface area contributed by atoms with Gasteiger partial charge in [0.25, 0.3) is 0 Å². The largest absolute Gasteiger partial charge is 0.475 e. The summed E-state index contributed by atoms with van der Waals surface area (Å²) in [4.78, 5) is 22.5. The van der Waals surface area contributed by atoms with E-state index in [1.54, 1.807) is 30.3 Å². The summed E-state index contributed by atoms with van der Waals surface area (Å²) in [6, 6.07) is 9.90. The van der Waals surface area contributed by atoms with Gasteiger partial charge in [0.15, 0.2) is 0 Å². The second-order valence-corrected chi connectivity index (χ2v) is 4.64. The van der Waals surface area contributed by atoms with Crippen LogP contribution in [0.3, 0.4) is 0 Å². The first-order valence-electron chi connectivity index (χ1n) is 6.93. The van der Waals surface area contributed by atoms with E-state index in [0.29, 0.717) is 24.5 Å². The van der Waals surface area contributed by atoms with Crippen molar-refractivity contribution in [1.29, 1.82) is 0 Å². The van der Waals surface area contributed by atoms with Crippen LogP contribution in [0.4, 0.5) is 5.69 Å². The SMILES string of the molecule is CCCOC(=O)c1cccc(NCc2ccc(C(=O)O)o2)c1. The molecule has 0 saturated heterocycles. The van der Waals surface area contributed by atoms with Gasteiger partial charge in [0.1, 0.15) is 5.76 Å². The molecule has 0 spiro atoms. The van der Waals surface area contributed by atoms with E-state index < -0.39 is 5.97 Å². The Bertz CT molecular complexity index is 662. The van der Waals surface area contributed by atoms with E-state index >= 15 is 0 Å². The molecular formula is C16H17NO5. The summed E-state index contributed by atoms with van der Waals surface area (Å²) >= 11 is 0. The number of carboxylic acids is 1. The molecule has 0 saturated carbocycles. The number of esters is 1. The van der Waals surface area contributed by atoms with Crippen molar-refractivity contribution in [2.45, 2.75) is 19.9 Å². The summed E-state index contributed by atoms with van der Waals surface area (Å²) in [6.07, 6.45) is 0.772. The first kappa shape index (κ1) is 15.6. The molecule has 0 radical (unpaired) electrons. The minimum absolute atomic E-state index is 0.103. The van der Waals surface area contributed by atoms with Crippen LogP contribution in [-0.2, 0) is 11.3 Å². The Morgan fingerprint density at radius 3 is 2.77 bits per heavy atom. The van der Waals surface area contributed by atoms with Gasteiger partial charge in [-0.15, -0.1) is 0 Å². The predicted octanol–water partition coefficient (Wildman–Crippen LogP) is 3.16. The van der Waals surface area contributed by atoms with Crippen molar-refractivity contribution in [2.75, 3.05) is 11.9 Å². The fourth-order valence-electron chi connectivity index (χ4n) is 1.81. The highest BCUT2D eigenvalue weighted by Crippen LogP contribution is 2.14. The number of rotatable bonds is 7. The third-order valence-corrected chi connectivity index (χ3v) is 2.87. The van der Waals surface area contributed by atoms with E-state index in [0.717, 1.165) is 12.1 Å². The number of nitrogens with one attached hydrogen (secondary N) is 1. The monoisotopic (exact) mass is 303 g/mol. The molecule has 0 aliphatic rings. The lowest BCUT2D eigenvalue weighted by atomic mass is 10.2. The number of anilines is 1. The molecule has 0 amide bonds. The molecule has 0 aliphatic carbocycles. The highest BCUT2D eigenvalue weighted by atomic mass is 16.5. The lowest BCUT2D eigenvalue weighted by Crippen LogP contribution is -2.06. The average Bonchev–Trinajstić information content (AvgIpc) is 3.00. The molecular weight excluding hydrogens is 286 g/mol. The molecule has 0 fully saturated rings. The molecule has 0 unspecified atom stereocenters. The highest BCUT2D eigenvalue weighted by Gasteiger charge is 2.10. The van der Waals surface area contributed by atoms with Gasteiger partial charge in [-0.2, -0.15) is 0 Å². The Balaban J connectivity index is 1.97. The zero-order valence-corrected chi connectivity index (χ0v) is 12.2. The van der Waals surface area contributed by atoms with Crippen LogP contribution in [0.25, 0.3) is 0 Å². The average molecular weight is 303 g/mol. The van der Waals surface area contributed by atoms with Gasteiger partial charge in [-0.1, -0.05) is 13.0 Å². The number of carbonyl (C=O) groups is 2. The zero-order chi connectivity index (χ0) is 15.9. The van der Waals surface area contributed by atoms with Crippen LogP contribution in [0.2, 0.25) is 0 Å². The standard InChI is InChI=1S/C16H17NO5/c1-2-8-21-16(20)11-4-3-5-12(9-11)17-10-13-6-7-14(22-13)15(18)19/h3-7,9,17H,2,8,10H2,1H3,(H,18,19). The zero-order valence-electron chi connectivity index (χ0n) is 12.2. The molecule has 0 bridgehead atoms. The summed E-state index contributed by atoms with van der Waals surface area (Å²) in [5, 5.41) is 11.9. The van der Waals surface area contributed by atoms with E-state index in [9.17, 15) is 9.59 Å². The molecule has 2 aromatic rings. The summed E-state index contributed by atoms with van der Waals surface area (Å²) < 4.78 is 10.2. The molecule has 0 aliphatic heterocycles. The van der Waals surface area contributed by atoms with Crippen LogP contribution in [-0.4, -0.2) is 23.7 Å². The van der Waals surface area contributed by atoms with Crippen molar-refractivity contribution in [3.8, 4) is 0 Å². The number of carboxylic acid groups (broad SMARTS) is 1. The van der Waals surface area contributed by atoms with Gasteiger partial charge in [-0.3, -0.25) is 0 Å². The van der Waals surface area contributed by atoms with Gasteiger partial charge >= 0.3 is 11.9 Å². The van der Waals surface area contributed by atoms with Crippen LogP contribution < -0.4 is 5.32 Å². The lowest BCUT2D eigenvalue weighted by molar-refractivity contribution is 0.0504. The molecule has 6 heteroatoms. The van der Waals surface area contributed by atoms with Gasteiger partial charge in [0.2, 0.25) is 5.76 Å². The number of carbonyl (C=O) groups excluding carboxylic acids is 1. The molecule has 0 atom stereocenters. The highest BCUT2D eigenvalue weighted by molar-refractivity contribution is 5.90. The number of hydrogen-bond acceptors (Lipinski definition) is 5. The third-order valence-electron chi connectivity index (χ3n) is 2.87. The summed E-state index contributed by atoms with van der Waals surface area (Å²) in [6.45, 7) is 2.64. The number of hydrogen-bond donors (Lipinski definition) is 2. The Hall–Kier alpha value is -2.76. The van der Waals surface area contributed by atoms with Crippen molar-refractivity contribution in [3.63, 3.8) is 0 Å². The van der Waals surface area contributed by atoms with Crippen molar-refractivity contribution >= 4 is 17.6 Å². The Kier molecular flexibility index (Phi) is 5.19. The maximum Gasteiger partial charge on any atom is 0.371 e. The van der Waals surface area contributed by atoms with E-state index in [1.165, 1.54) is 6.07 Å². The predicted molar refractivity (Wildman–Crippen MR) is 80.0 cm³/mol. The molecule has 1 aromatic carbocycles. The van der Waals surface area contributed by atoms with Gasteiger partial charge in [0, 0.05) is 5.69 Å². The maximum atomic E-state index is 11.8. The minimum Gasteiger partial charge on any atom is -0.475 e. The lowest BCUT2D eigenvalue weighted by Gasteiger charge is -2.07. The second-order valence-electron chi connectivity index (χ2n) is 4.64. The van der Waals surface area contributed by atoms with Crippen LogP contribution in [0.15, 0.2) is 40.8 Å². The second kappa shape index (κ2) is 7.31. The quantitative estimate of drug-likeness (QED) is 0.764. The van der Waals surface area contributed by atoms with E-state index in [2.05, 4.69) is 5.32 Å². The summed E-state index contributed by atoms with van der Waals surface area (Å²) in [5.74, 6) is -1.08. The molecule has 116 valence electrons. The van der Waals surface area contributed by atoms with E-state index in [1.807, 2.05) is 6.92 Å². The van der Waals surface area contributed by atoms with Crippen LogP contribution in [0, 0.1) is 0 Å². The summed E-state index contributed by atoms with van der Waals surface area (Å²) in [5.41, 5.74) is 1.18. The van der Waals surface area contributed by atoms with Crippen LogP contribution in [0.5, 0.6) is 0 Å². The molecule has 22 heavy (non-hydrogen) atoms. The number of ether oxygens (including phenoxy) is 1. The topological polar surface area (TPSA) is 88.8 Å². The van der Waals surface area contributed by atoms with Crippen LogP contribution in [0.1, 0.15) is 40.0 Å². The maximum absolute atomic E-state index is 11.8. The summed E-state index contributed by atoms with van der Waals surface area (Å²) in [7, 11) is 0. The molecule has 1 aromatic heterocycles. The number of furan rings is 1. The van der Waals surface area contributed by atoms with Crippen molar-refractivity contribution < 1.29 is 23.8 Å². The normalized spacial score (nSPS) is 10.2. The fraction of sp³-hybridized carbons (Fsp3) is 0.250. The molecule has 2 rings (SSSR count). The Labute approximate surface area is 127 Å². The van der Waals surface area contributed by atoms with E-state index in [4.69, 9.17) is 14.3 Å². The van der Waals surface area contributed by atoms with Crippen LogP contribution >= 0.6 is 0 Å². The van der Waals surface area contributed by atoms with Gasteiger partial charge < -0.3 is 19.6 Å². The van der Waals surface area contributed by atoms with Crippen molar-refractivity contribution in [2.24, 2.45) is 0 Å². The van der Waals surface area contributed by atoms with Gasteiger partial charge in [-0.25, -0.2) is 9.59 Å². The smallest absolute Gasteiger partial charge is 0.371 e. The number of aromatic carboxylic acids is 1. The molecule has 2 N–H and O–H groups in total. The molecule has 1 heterocycles. The Morgan fingerprint density at radius 2 is 2.09 bits per heavy atom. The Morgan fingerprint density at radius 1 is 1.27 bits per heavy atom.